The Hall–Kier alpha value is -0.715. The van der Waals surface area contributed by atoms with Gasteiger partial charge in [-0.1, -0.05) is 0 Å². The summed E-state index contributed by atoms with van der Waals surface area (Å²) in [5, 5.41) is 0. The molecule has 0 N–H and O–H groups in total. The highest BCUT2D eigenvalue weighted by Crippen LogP contribution is 2.37. The van der Waals surface area contributed by atoms with Gasteiger partial charge in [0, 0.05) is 12.8 Å². The van der Waals surface area contributed by atoms with Gasteiger partial charge in [0.15, 0.2) is 6.17 Å². The molecule has 0 spiro atoms. The zero-order valence-electron chi connectivity index (χ0n) is 12.8. The highest BCUT2D eigenvalue weighted by atomic mass is 16.7. The minimum absolute atomic E-state index is 0.111. The molecule has 2 saturated heterocycles. The van der Waals surface area contributed by atoms with Gasteiger partial charge in [-0.25, -0.2) is 0 Å². The fourth-order valence-corrected chi connectivity index (χ4v) is 2.64. The van der Waals surface area contributed by atoms with Crippen LogP contribution < -0.4 is 0 Å². The normalized spacial score (nSPS) is 35.4. The highest BCUT2D eigenvalue weighted by molar-refractivity contribution is 6.93. The predicted molar refractivity (Wildman–Crippen MR) is 79.4 cm³/mol. The smallest absolute Gasteiger partial charge is 0.398 e. The number of hydrogen-bond acceptors (Lipinski definition) is 5. The molecule has 2 atom stereocenters. The number of rotatable bonds is 2. The molecule has 0 amide bonds. The average Bonchev–Trinajstić information content (AvgIpc) is 2.94. The van der Waals surface area contributed by atoms with Crippen molar-refractivity contribution in [1.29, 1.82) is 0 Å². The summed E-state index contributed by atoms with van der Waals surface area (Å²) in [5.41, 5.74) is 0.101. The number of hydrogen-bond donors (Lipinski definition) is 0. The second-order valence-corrected chi connectivity index (χ2v) is 6.74. The molecule has 110 valence electrons. The van der Waals surface area contributed by atoms with E-state index < -0.39 is 7.12 Å². The van der Waals surface area contributed by atoms with Gasteiger partial charge in [-0.15, -0.1) is 0 Å². The van der Waals surface area contributed by atoms with E-state index in [9.17, 15) is 0 Å². The molecular weight excluding hydrogens is 255 g/mol. The summed E-state index contributed by atoms with van der Waals surface area (Å²) < 4.78 is 17.7. The van der Waals surface area contributed by atoms with Crippen LogP contribution >= 0.6 is 0 Å². The molecule has 3 heterocycles. The summed E-state index contributed by atoms with van der Waals surface area (Å²) in [6.45, 7) is 8.99. The first kappa shape index (κ1) is 14.2. The number of nitrogens with zero attached hydrogens (tertiary/aromatic N) is 2. The third-order valence-electron chi connectivity index (χ3n) is 4.68. The lowest BCUT2D eigenvalue weighted by Crippen LogP contribution is -2.41. The monoisotopic (exact) mass is 278 g/mol. The Morgan fingerprint density at radius 2 is 1.85 bits per heavy atom. The summed E-state index contributed by atoms with van der Waals surface area (Å²) in [5.74, 6) is 0. The Labute approximate surface area is 120 Å². The van der Waals surface area contributed by atoms with Crippen LogP contribution in [0.1, 0.15) is 47.0 Å². The molecule has 0 bridgehead atoms. The molecule has 0 aliphatic carbocycles. The van der Waals surface area contributed by atoms with Gasteiger partial charge in [0.1, 0.15) is 0 Å². The van der Waals surface area contributed by atoms with Crippen molar-refractivity contribution in [2.75, 3.05) is 6.61 Å². The average molecular weight is 278 g/mol. The van der Waals surface area contributed by atoms with Crippen LogP contribution in [0, 0.1) is 0 Å². The molecule has 6 heteroatoms. The molecule has 3 aliphatic rings. The summed E-state index contributed by atoms with van der Waals surface area (Å²) in [4.78, 5) is 9.11. The molecule has 0 aromatic rings. The Balaban J connectivity index is 1.69. The second-order valence-electron chi connectivity index (χ2n) is 6.74. The van der Waals surface area contributed by atoms with Crippen LogP contribution in [0.5, 0.6) is 0 Å². The Kier molecular flexibility index (Phi) is 3.51. The predicted octanol–water partition coefficient (Wildman–Crippen LogP) is 2.04. The largest absolute Gasteiger partial charge is 0.515 e. The third kappa shape index (κ3) is 2.45. The van der Waals surface area contributed by atoms with Gasteiger partial charge < -0.3 is 14.0 Å². The van der Waals surface area contributed by atoms with E-state index in [-0.39, 0.29) is 23.5 Å². The molecule has 3 aliphatic heterocycles. The fourth-order valence-electron chi connectivity index (χ4n) is 2.64. The van der Waals surface area contributed by atoms with E-state index in [1.54, 1.807) is 6.21 Å². The number of aliphatic imine (C=N–C) groups is 2. The molecule has 0 unspecified atom stereocenters. The van der Waals surface area contributed by atoms with Crippen LogP contribution in [0.4, 0.5) is 0 Å². The van der Waals surface area contributed by atoms with Gasteiger partial charge in [0.05, 0.1) is 22.9 Å². The molecular formula is C14H23BN2O3. The van der Waals surface area contributed by atoms with Crippen LogP contribution in [0.15, 0.2) is 9.98 Å². The van der Waals surface area contributed by atoms with Crippen molar-refractivity contribution in [3.8, 4) is 0 Å². The SMILES string of the molecule is CC1(C)OB(C2=N[C@H]([C@@H]3CCCCO3)N=C2)OC1(C)C. The van der Waals surface area contributed by atoms with Crippen LogP contribution in [0.25, 0.3) is 0 Å². The first-order valence-corrected chi connectivity index (χ1v) is 7.47. The van der Waals surface area contributed by atoms with E-state index in [1.807, 2.05) is 27.7 Å². The van der Waals surface area contributed by atoms with Crippen molar-refractivity contribution < 1.29 is 14.0 Å². The van der Waals surface area contributed by atoms with Crippen molar-refractivity contribution >= 4 is 18.9 Å². The lowest BCUT2D eigenvalue weighted by atomic mass is 9.83. The molecule has 2 fully saturated rings. The van der Waals surface area contributed by atoms with Crippen LogP contribution in [0.3, 0.4) is 0 Å². The molecule has 0 saturated carbocycles. The zero-order chi connectivity index (χ0) is 14.4. The lowest BCUT2D eigenvalue weighted by Gasteiger charge is -2.32. The maximum absolute atomic E-state index is 6.00. The van der Waals surface area contributed by atoms with Gasteiger partial charge in [-0.05, 0) is 47.0 Å². The molecule has 20 heavy (non-hydrogen) atoms. The van der Waals surface area contributed by atoms with Crippen LogP contribution in [0.2, 0.25) is 0 Å². The zero-order valence-corrected chi connectivity index (χ0v) is 12.8. The molecule has 0 radical (unpaired) electrons. The van der Waals surface area contributed by atoms with E-state index >= 15 is 0 Å². The summed E-state index contributed by atoms with van der Waals surface area (Å²) in [6.07, 6.45) is 5.13. The Bertz CT molecular complexity index is 426. The summed E-state index contributed by atoms with van der Waals surface area (Å²) in [7, 11) is -0.419. The second kappa shape index (κ2) is 4.93. The third-order valence-corrected chi connectivity index (χ3v) is 4.68. The van der Waals surface area contributed by atoms with Gasteiger partial charge in [0.25, 0.3) is 0 Å². The Morgan fingerprint density at radius 1 is 1.15 bits per heavy atom. The quantitative estimate of drug-likeness (QED) is 0.726. The minimum atomic E-state index is -0.419. The fraction of sp³-hybridized carbons (Fsp3) is 0.857. The molecule has 5 nitrogen and oxygen atoms in total. The molecule has 3 rings (SSSR count). The first-order chi connectivity index (χ1) is 9.39. The standard InChI is InChI=1S/C14H23BN2O3/c1-13(2)14(3,4)20-15(19-13)11-9-16-12(17-11)10-7-5-6-8-18-10/h9-10,12H,5-8H2,1-4H3/t10-,12+/m0/s1. The maximum atomic E-state index is 6.00. The van der Waals surface area contributed by atoms with E-state index in [4.69, 9.17) is 14.0 Å². The van der Waals surface area contributed by atoms with Crippen molar-refractivity contribution in [2.45, 2.75) is 70.4 Å². The lowest BCUT2D eigenvalue weighted by molar-refractivity contribution is 0.00340. The Morgan fingerprint density at radius 3 is 2.45 bits per heavy atom. The van der Waals surface area contributed by atoms with Crippen molar-refractivity contribution in [3.05, 3.63) is 0 Å². The minimum Gasteiger partial charge on any atom is -0.398 e. The van der Waals surface area contributed by atoms with Crippen molar-refractivity contribution in [2.24, 2.45) is 9.98 Å². The van der Waals surface area contributed by atoms with E-state index in [1.165, 1.54) is 6.42 Å². The maximum Gasteiger partial charge on any atom is 0.515 e. The number of ether oxygens (including phenoxy) is 1. The highest BCUT2D eigenvalue weighted by Gasteiger charge is 2.53. The molecule has 0 aromatic carbocycles. The van der Waals surface area contributed by atoms with Gasteiger partial charge >= 0.3 is 7.12 Å². The topological polar surface area (TPSA) is 52.4 Å². The van der Waals surface area contributed by atoms with Crippen molar-refractivity contribution in [1.82, 2.24) is 0 Å². The van der Waals surface area contributed by atoms with Crippen LogP contribution in [-0.4, -0.2) is 49.0 Å². The summed E-state index contributed by atoms with van der Waals surface area (Å²) in [6, 6.07) is 0. The van der Waals surface area contributed by atoms with E-state index in [2.05, 4.69) is 9.98 Å². The van der Waals surface area contributed by atoms with Gasteiger partial charge in [-0.2, -0.15) is 0 Å². The van der Waals surface area contributed by atoms with E-state index in [0.717, 1.165) is 25.1 Å². The van der Waals surface area contributed by atoms with Gasteiger partial charge in [0.2, 0.25) is 0 Å². The van der Waals surface area contributed by atoms with Crippen LogP contribution in [-0.2, 0) is 14.0 Å². The molecule has 0 aromatic heterocycles. The summed E-state index contributed by atoms with van der Waals surface area (Å²) >= 11 is 0. The first-order valence-electron chi connectivity index (χ1n) is 7.47. The van der Waals surface area contributed by atoms with Gasteiger partial charge in [-0.3, -0.25) is 9.98 Å². The van der Waals surface area contributed by atoms with E-state index in [0.29, 0.717) is 0 Å². The van der Waals surface area contributed by atoms with Crippen molar-refractivity contribution in [3.63, 3.8) is 0 Å².